The van der Waals surface area contributed by atoms with Crippen LogP contribution in [0.1, 0.15) is 18.4 Å². The number of nitrogens with one attached hydrogen (secondary N) is 3. The van der Waals surface area contributed by atoms with Crippen molar-refractivity contribution in [3.63, 3.8) is 0 Å². The summed E-state index contributed by atoms with van der Waals surface area (Å²) in [7, 11) is 0. The number of aromatic nitrogens is 2. The number of fused-ring (bicyclic) bond motifs is 1. The first-order chi connectivity index (χ1) is 9.56. The van der Waals surface area contributed by atoms with Crippen LogP contribution in [0.2, 0.25) is 0 Å². The number of hydrogen-bond donors (Lipinski definition) is 4. The highest BCUT2D eigenvalue weighted by atomic mass is 16.4. The van der Waals surface area contributed by atoms with Gasteiger partial charge in [0.1, 0.15) is 0 Å². The maximum absolute atomic E-state index is 11.6. The van der Waals surface area contributed by atoms with Crippen LogP contribution in [0, 0.1) is 6.92 Å². The van der Waals surface area contributed by atoms with Crippen LogP contribution >= 0.6 is 0 Å². The number of hydrogen-bond acceptors (Lipinski definition) is 3. The summed E-state index contributed by atoms with van der Waals surface area (Å²) in [5, 5.41) is 21.6. The number of carboxylic acid groups (broad SMARTS) is 1. The molecule has 2 aromatic rings. The van der Waals surface area contributed by atoms with Gasteiger partial charge in [-0.25, -0.2) is 4.79 Å². The van der Waals surface area contributed by atoms with Crippen molar-refractivity contribution >= 4 is 28.6 Å². The van der Waals surface area contributed by atoms with Gasteiger partial charge in [0.05, 0.1) is 11.7 Å². The number of aromatic amines is 1. The Balaban J connectivity index is 1.91. The highest BCUT2D eigenvalue weighted by Crippen LogP contribution is 2.21. The van der Waals surface area contributed by atoms with Gasteiger partial charge in [0, 0.05) is 24.0 Å². The van der Waals surface area contributed by atoms with Crippen LogP contribution in [-0.2, 0) is 4.79 Å². The number of rotatable bonds is 5. The Bertz CT molecular complexity index is 636. The molecule has 2 amide bonds. The number of aliphatic carboxylic acids is 1. The molecule has 0 bridgehead atoms. The molecule has 1 heterocycles. The monoisotopic (exact) mass is 276 g/mol. The minimum atomic E-state index is -0.868. The first-order valence-corrected chi connectivity index (χ1v) is 6.26. The Hall–Kier alpha value is -2.57. The maximum atomic E-state index is 11.6. The molecule has 0 unspecified atom stereocenters. The second kappa shape index (κ2) is 6.05. The number of benzene rings is 1. The van der Waals surface area contributed by atoms with Crippen molar-refractivity contribution in [1.29, 1.82) is 0 Å². The van der Waals surface area contributed by atoms with Crippen LogP contribution in [0.4, 0.5) is 10.5 Å². The van der Waals surface area contributed by atoms with Crippen LogP contribution in [0.25, 0.3) is 10.9 Å². The smallest absolute Gasteiger partial charge is 0.319 e. The minimum absolute atomic E-state index is 0.0412. The Morgan fingerprint density at radius 3 is 2.95 bits per heavy atom. The molecule has 20 heavy (non-hydrogen) atoms. The fraction of sp³-hybridized carbons (Fsp3) is 0.308. The molecule has 0 aliphatic rings. The zero-order valence-corrected chi connectivity index (χ0v) is 11.1. The largest absolute Gasteiger partial charge is 0.481 e. The van der Waals surface area contributed by atoms with E-state index >= 15 is 0 Å². The average Bonchev–Trinajstić information content (AvgIpc) is 2.83. The molecule has 0 radical (unpaired) electrons. The van der Waals surface area contributed by atoms with E-state index in [0.717, 1.165) is 16.5 Å². The van der Waals surface area contributed by atoms with Crippen molar-refractivity contribution in [3.8, 4) is 0 Å². The van der Waals surface area contributed by atoms with Crippen molar-refractivity contribution in [1.82, 2.24) is 15.5 Å². The number of carbonyl (C=O) groups excluding carboxylic acids is 1. The van der Waals surface area contributed by atoms with Crippen LogP contribution in [-0.4, -0.2) is 33.8 Å². The summed E-state index contributed by atoms with van der Waals surface area (Å²) in [5.41, 5.74) is 2.53. The molecule has 1 aromatic carbocycles. The molecule has 0 atom stereocenters. The predicted molar refractivity (Wildman–Crippen MR) is 74.7 cm³/mol. The lowest BCUT2D eigenvalue weighted by Crippen LogP contribution is -2.29. The van der Waals surface area contributed by atoms with E-state index in [4.69, 9.17) is 5.11 Å². The number of H-pyrrole nitrogens is 1. The van der Waals surface area contributed by atoms with Crippen molar-refractivity contribution in [2.75, 3.05) is 11.9 Å². The molecule has 7 nitrogen and oxygen atoms in total. The van der Waals surface area contributed by atoms with Gasteiger partial charge in [0.15, 0.2) is 0 Å². The van der Waals surface area contributed by atoms with Crippen LogP contribution in [0.3, 0.4) is 0 Å². The number of anilines is 1. The molecule has 7 heteroatoms. The Morgan fingerprint density at radius 1 is 1.40 bits per heavy atom. The van der Waals surface area contributed by atoms with E-state index in [9.17, 15) is 9.59 Å². The number of nitrogens with zero attached hydrogens (tertiary/aromatic N) is 1. The molecular weight excluding hydrogens is 260 g/mol. The van der Waals surface area contributed by atoms with Gasteiger partial charge >= 0.3 is 12.0 Å². The fourth-order valence-electron chi connectivity index (χ4n) is 1.92. The third-order valence-corrected chi connectivity index (χ3v) is 2.88. The Labute approximate surface area is 115 Å². The topological polar surface area (TPSA) is 107 Å². The third kappa shape index (κ3) is 3.47. The van der Waals surface area contributed by atoms with Gasteiger partial charge in [-0.1, -0.05) is 0 Å². The zero-order valence-electron chi connectivity index (χ0n) is 11.1. The number of carboxylic acids is 1. The number of carbonyl (C=O) groups is 2. The minimum Gasteiger partial charge on any atom is -0.481 e. The molecule has 106 valence electrons. The molecule has 4 N–H and O–H groups in total. The summed E-state index contributed by atoms with van der Waals surface area (Å²) in [6.45, 7) is 2.26. The summed E-state index contributed by atoms with van der Waals surface area (Å²) in [5.74, 6) is -0.868. The van der Waals surface area contributed by atoms with E-state index in [1.165, 1.54) is 0 Å². The van der Waals surface area contributed by atoms with E-state index in [1.54, 1.807) is 12.3 Å². The van der Waals surface area contributed by atoms with Crippen molar-refractivity contribution in [2.24, 2.45) is 0 Å². The fourth-order valence-corrected chi connectivity index (χ4v) is 1.92. The quantitative estimate of drug-likeness (QED) is 0.625. The summed E-state index contributed by atoms with van der Waals surface area (Å²) in [6, 6.07) is 3.30. The van der Waals surface area contributed by atoms with Gasteiger partial charge in [-0.15, -0.1) is 0 Å². The number of amides is 2. The maximum Gasteiger partial charge on any atom is 0.319 e. The normalized spacial score (nSPS) is 10.4. The highest BCUT2D eigenvalue weighted by molar-refractivity contribution is 5.93. The van der Waals surface area contributed by atoms with E-state index in [-0.39, 0.29) is 12.5 Å². The van der Waals surface area contributed by atoms with Crippen molar-refractivity contribution in [3.05, 3.63) is 23.9 Å². The third-order valence-electron chi connectivity index (χ3n) is 2.88. The first-order valence-electron chi connectivity index (χ1n) is 6.26. The SMILES string of the molecule is Cc1cc(NC(=O)NCCCC(=O)O)cc2[nH]ncc12. The van der Waals surface area contributed by atoms with Crippen molar-refractivity contribution in [2.45, 2.75) is 19.8 Å². The van der Waals surface area contributed by atoms with Gasteiger partial charge in [-0.05, 0) is 31.0 Å². The molecule has 2 rings (SSSR count). The summed E-state index contributed by atoms with van der Waals surface area (Å²) >= 11 is 0. The van der Waals surface area contributed by atoms with Gasteiger partial charge in [0.2, 0.25) is 0 Å². The van der Waals surface area contributed by atoms with Crippen LogP contribution in [0.5, 0.6) is 0 Å². The van der Waals surface area contributed by atoms with Gasteiger partial charge in [-0.3, -0.25) is 9.89 Å². The molecule has 0 saturated carbocycles. The van der Waals surface area contributed by atoms with Gasteiger partial charge in [0.25, 0.3) is 0 Å². The van der Waals surface area contributed by atoms with E-state index in [0.29, 0.717) is 18.7 Å². The first kappa shape index (κ1) is 13.9. The van der Waals surface area contributed by atoms with Gasteiger partial charge in [-0.2, -0.15) is 5.10 Å². The molecule has 1 aromatic heterocycles. The Morgan fingerprint density at radius 2 is 2.20 bits per heavy atom. The Kier molecular flexibility index (Phi) is 4.19. The molecular formula is C13H16N4O3. The molecule has 0 spiro atoms. The van der Waals surface area contributed by atoms with E-state index < -0.39 is 5.97 Å². The van der Waals surface area contributed by atoms with Crippen molar-refractivity contribution < 1.29 is 14.7 Å². The summed E-state index contributed by atoms with van der Waals surface area (Å²) in [6.07, 6.45) is 2.18. The lowest BCUT2D eigenvalue weighted by molar-refractivity contribution is -0.137. The molecule has 0 aliphatic carbocycles. The average molecular weight is 276 g/mol. The van der Waals surface area contributed by atoms with Gasteiger partial charge < -0.3 is 15.7 Å². The zero-order chi connectivity index (χ0) is 14.5. The number of aryl methyl sites for hydroxylation is 1. The standard InChI is InChI=1S/C13H16N4O3/c1-8-5-9(6-11-10(8)7-15-17-11)16-13(20)14-4-2-3-12(18)19/h5-7H,2-4H2,1H3,(H,15,17)(H,18,19)(H2,14,16,20). The molecule has 0 saturated heterocycles. The molecule has 0 aliphatic heterocycles. The van der Waals surface area contributed by atoms with Crippen LogP contribution < -0.4 is 10.6 Å². The van der Waals surface area contributed by atoms with E-state index in [2.05, 4.69) is 20.8 Å². The summed E-state index contributed by atoms with van der Waals surface area (Å²) < 4.78 is 0. The van der Waals surface area contributed by atoms with E-state index in [1.807, 2.05) is 13.0 Å². The second-order valence-electron chi connectivity index (χ2n) is 4.50. The number of urea groups is 1. The lowest BCUT2D eigenvalue weighted by Gasteiger charge is -2.08. The lowest BCUT2D eigenvalue weighted by atomic mass is 10.1. The highest BCUT2D eigenvalue weighted by Gasteiger charge is 2.06. The molecule has 0 fully saturated rings. The summed E-state index contributed by atoms with van der Waals surface area (Å²) in [4.78, 5) is 22.0. The van der Waals surface area contributed by atoms with Crippen LogP contribution in [0.15, 0.2) is 18.3 Å². The second-order valence-corrected chi connectivity index (χ2v) is 4.50. The predicted octanol–water partition coefficient (Wildman–Crippen LogP) is 1.86.